The molecule has 5 nitrogen and oxygen atoms in total. The van der Waals surface area contributed by atoms with E-state index in [0.717, 1.165) is 11.1 Å². The number of rotatable bonds is 6. The Hall–Kier alpha value is -2.95. The molecule has 1 N–H and O–H groups in total. The van der Waals surface area contributed by atoms with E-state index in [1.54, 1.807) is 32.0 Å². The van der Waals surface area contributed by atoms with Crippen molar-refractivity contribution in [1.82, 2.24) is 5.32 Å². The Morgan fingerprint density at radius 3 is 2.14 bits per heavy atom. The monoisotopic (exact) mass is 393 g/mol. The number of hydrogen-bond donors (Lipinski definition) is 1. The van der Waals surface area contributed by atoms with Gasteiger partial charge in [0.25, 0.3) is 5.91 Å². The van der Waals surface area contributed by atoms with Crippen LogP contribution in [-0.4, -0.2) is 29.8 Å². The fourth-order valence-electron chi connectivity index (χ4n) is 3.91. The normalized spacial score (nSPS) is 14.4. The van der Waals surface area contributed by atoms with E-state index in [-0.39, 0.29) is 24.2 Å². The molecule has 0 saturated heterocycles. The second-order valence-electron chi connectivity index (χ2n) is 7.88. The average molecular weight is 393 g/mol. The Morgan fingerprint density at radius 1 is 1.00 bits per heavy atom. The van der Waals surface area contributed by atoms with E-state index in [0.29, 0.717) is 29.5 Å². The molecule has 1 amide bonds. The number of amides is 1. The molecule has 0 radical (unpaired) electrons. The van der Waals surface area contributed by atoms with Crippen molar-refractivity contribution in [1.29, 1.82) is 0 Å². The molecule has 2 aromatic rings. The zero-order valence-corrected chi connectivity index (χ0v) is 17.4. The van der Waals surface area contributed by atoms with Gasteiger partial charge in [0.05, 0.1) is 6.61 Å². The molecule has 5 heteroatoms. The van der Waals surface area contributed by atoms with Crippen LogP contribution in [-0.2, 0) is 22.4 Å². The molecule has 0 atom stereocenters. The minimum absolute atomic E-state index is 0.00877. The third-order valence-electron chi connectivity index (χ3n) is 5.49. The third kappa shape index (κ3) is 3.95. The maximum atomic E-state index is 13.2. The Morgan fingerprint density at radius 2 is 1.59 bits per heavy atom. The summed E-state index contributed by atoms with van der Waals surface area (Å²) in [5.74, 6) is -0.980. The second kappa shape index (κ2) is 8.19. The molecule has 2 aromatic carbocycles. The zero-order chi connectivity index (χ0) is 21.2. The van der Waals surface area contributed by atoms with Gasteiger partial charge in [-0.25, -0.2) is 4.79 Å². The number of Topliss-reactive ketones (excluding diaryl/α,β-unsaturated/α-hetero) is 1. The lowest BCUT2D eigenvalue weighted by atomic mass is 9.91. The molecule has 0 aromatic heterocycles. The molecule has 0 heterocycles. The Labute approximate surface area is 171 Å². The van der Waals surface area contributed by atoms with Crippen LogP contribution in [0.4, 0.5) is 0 Å². The van der Waals surface area contributed by atoms with Crippen LogP contribution in [0, 0.1) is 12.8 Å². The summed E-state index contributed by atoms with van der Waals surface area (Å²) in [6.07, 6.45) is 0.773. The molecule has 29 heavy (non-hydrogen) atoms. The Bertz CT molecular complexity index is 936. The first kappa shape index (κ1) is 20.8. The predicted octanol–water partition coefficient (Wildman–Crippen LogP) is 3.66. The lowest BCUT2D eigenvalue weighted by Crippen LogP contribution is -2.56. The highest BCUT2D eigenvalue weighted by Crippen LogP contribution is 2.32. The highest BCUT2D eigenvalue weighted by molar-refractivity contribution is 6.05. The minimum Gasteiger partial charge on any atom is -0.464 e. The van der Waals surface area contributed by atoms with Crippen LogP contribution in [0.1, 0.15) is 58.2 Å². The van der Waals surface area contributed by atoms with Crippen LogP contribution < -0.4 is 5.32 Å². The van der Waals surface area contributed by atoms with Crippen molar-refractivity contribution in [3.63, 3.8) is 0 Å². The molecule has 0 bridgehead atoms. The Kier molecular flexibility index (Phi) is 5.87. The molecule has 0 aliphatic heterocycles. The summed E-state index contributed by atoms with van der Waals surface area (Å²) in [6, 6.07) is 12.9. The van der Waals surface area contributed by atoms with Crippen molar-refractivity contribution in [2.45, 2.75) is 46.1 Å². The van der Waals surface area contributed by atoms with Gasteiger partial charge in [-0.15, -0.1) is 0 Å². The van der Waals surface area contributed by atoms with E-state index in [2.05, 4.69) is 5.32 Å². The van der Waals surface area contributed by atoms with Crippen molar-refractivity contribution < 1.29 is 19.1 Å². The van der Waals surface area contributed by atoms with Crippen LogP contribution in [0.25, 0.3) is 0 Å². The van der Waals surface area contributed by atoms with Gasteiger partial charge < -0.3 is 10.1 Å². The summed E-state index contributed by atoms with van der Waals surface area (Å²) >= 11 is 0. The van der Waals surface area contributed by atoms with Crippen molar-refractivity contribution in [3.8, 4) is 0 Å². The molecular weight excluding hydrogens is 366 g/mol. The molecular formula is C24H27NO4. The number of nitrogens with one attached hydrogen (secondary N) is 1. The summed E-state index contributed by atoms with van der Waals surface area (Å²) < 4.78 is 5.31. The summed E-state index contributed by atoms with van der Waals surface area (Å²) in [6.45, 7) is 7.43. The van der Waals surface area contributed by atoms with Crippen molar-refractivity contribution in [2.24, 2.45) is 5.92 Å². The lowest BCUT2D eigenvalue weighted by Gasteiger charge is -2.28. The van der Waals surface area contributed by atoms with Gasteiger partial charge in [0.1, 0.15) is 5.54 Å². The fraction of sp³-hybridized carbons (Fsp3) is 0.375. The molecule has 152 valence electrons. The first-order valence-electron chi connectivity index (χ1n) is 9.99. The molecule has 1 aliphatic carbocycles. The van der Waals surface area contributed by atoms with Gasteiger partial charge in [-0.1, -0.05) is 50.2 Å². The highest BCUT2D eigenvalue weighted by Gasteiger charge is 2.46. The van der Waals surface area contributed by atoms with Crippen LogP contribution in [0.15, 0.2) is 42.5 Å². The predicted molar refractivity (Wildman–Crippen MR) is 111 cm³/mol. The quantitative estimate of drug-likeness (QED) is 0.600. The highest BCUT2D eigenvalue weighted by atomic mass is 16.5. The van der Waals surface area contributed by atoms with E-state index >= 15 is 0 Å². The minimum atomic E-state index is -1.14. The van der Waals surface area contributed by atoms with Gasteiger partial charge in [0.15, 0.2) is 5.78 Å². The number of fused-ring (bicyclic) bond motifs is 1. The number of hydrogen-bond acceptors (Lipinski definition) is 4. The topological polar surface area (TPSA) is 72.5 Å². The smallest absolute Gasteiger partial charge is 0.332 e. The van der Waals surface area contributed by atoms with Crippen molar-refractivity contribution in [3.05, 3.63) is 70.3 Å². The van der Waals surface area contributed by atoms with Gasteiger partial charge in [-0.05, 0) is 36.6 Å². The summed E-state index contributed by atoms with van der Waals surface area (Å²) in [4.78, 5) is 38.5. The summed E-state index contributed by atoms with van der Waals surface area (Å²) in [5, 5.41) is 2.95. The maximum Gasteiger partial charge on any atom is 0.332 e. The number of ketones is 1. The maximum absolute atomic E-state index is 13.2. The Balaban J connectivity index is 1.94. The number of esters is 1. The number of carbonyl (C=O) groups excluding carboxylic acids is 3. The van der Waals surface area contributed by atoms with E-state index in [4.69, 9.17) is 4.74 Å². The van der Waals surface area contributed by atoms with Gasteiger partial charge in [-0.2, -0.15) is 0 Å². The largest absolute Gasteiger partial charge is 0.464 e. The average Bonchev–Trinajstić information content (AvgIpc) is 3.07. The van der Waals surface area contributed by atoms with Crippen LogP contribution >= 0.6 is 0 Å². The van der Waals surface area contributed by atoms with Crippen molar-refractivity contribution in [2.75, 3.05) is 6.61 Å². The van der Waals surface area contributed by atoms with Gasteiger partial charge in [0, 0.05) is 29.9 Å². The van der Waals surface area contributed by atoms with Gasteiger partial charge >= 0.3 is 5.97 Å². The van der Waals surface area contributed by atoms with Crippen LogP contribution in [0.3, 0.4) is 0 Å². The SMILES string of the molecule is CCOC(=O)C1(NC(=O)c2cccc(C(=O)C(C)C)c2C)Cc2ccccc2C1. The number of benzene rings is 2. The zero-order valence-electron chi connectivity index (χ0n) is 17.4. The molecule has 0 unspecified atom stereocenters. The number of ether oxygens (including phenoxy) is 1. The van der Waals surface area contributed by atoms with E-state index in [1.807, 2.05) is 38.1 Å². The first-order valence-corrected chi connectivity index (χ1v) is 9.99. The van der Waals surface area contributed by atoms with Crippen molar-refractivity contribution >= 4 is 17.7 Å². The van der Waals surface area contributed by atoms with E-state index in [1.165, 1.54) is 0 Å². The molecule has 0 saturated carbocycles. The third-order valence-corrected chi connectivity index (χ3v) is 5.49. The molecule has 3 rings (SSSR count). The first-order chi connectivity index (χ1) is 13.8. The standard InChI is InChI=1S/C24H27NO4/c1-5-29-23(28)24(13-17-9-6-7-10-18(17)14-24)25-22(27)20-12-8-11-19(16(20)4)21(26)15(2)3/h6-12,15H,5,13-14H2,1-4H3,(H,25,27). The molecule has 1 aliphatic rings. The number of carbonyl (C=O) groups is 3. The lowest BCUT2D eigenvalue weighted by molar-refractivity contribution is -0.150. The molecule has 0 fully saturated rings. The second-order valence-corrected chi connectivity index (χ2v) is 7.88. The fourth-order valence-corrected chi connectivity index (χ4v) is 3.91. The van der Waals surface area contributed by atoms with E-state index < -0.39 is 11.5 Å². The van der Waals surface area contributed by atoms with Crippen LogP contribution in [0.2, 0.25) is 0 Å². The van der Waals surface area contributed by atoms with Gasteiger partial charge in [-0.3, -0.25) is 9.59 Å². The summed E-state index contributed by atoms with van der Waals surface area (Å²) in [7, 11) is 0. The van der Waals surface area contributed by atoms with Gasteiger partial charge in [0.2, 0.25) is 0 Å². The molecule has 0 spiro atoms. The summed E-state index contributed by atoms with van der Waals surface area (Å²) in [5.41, 5.74) is 2.48. The van der Waals surface area contributed by atoms with Crippen LogP contribution in [0.5, 0.6) is 0 Å². The van der Waals surface area contributed by atoms with E-state index in [9.17, 15) is 14.4 Å².